The molecule has 0 atom stereocenters. The lowest BCUT2D eigenvalue weighted by atomic mass is 10.4. The van der Waals surface area contributed by atoms with Crippen molar-refractivity contribution in [3.05, 3.63) is 48.7 Å². The van der Waals surface area contributed by atoms with E-state index < -0.39 is 0 Å². The van der Waals surface area contributed by atoms with Crippen LogP contribution in [0.25, 0.3) is 0 Å². The van der Waals surface area contributed by atoms with Gasteiger partial charge < -0.3 is 15.1 Å². The second-order valence-corrected chi connectivity index (χ2v) is 3.53. The SMILES string of the molecule is S=C(NCc1ccco1)Nc1ccncc1. The normalized spacial score (nSPS) is 9.75. The van der Waals surface area contributed by atoms with Crippen LogP contribution in [0.5, 0.6) is 0 Å². The molecule has 0 bridgehead atoms. The number of rotatable bonds is 3. The monoisotopic (exact) mass is 233 g/mol. The molecule has 0 amide bonds. The summed E-state index contributed by atoms with van der Waals surface area (Å²) in [6.45, 7) is 0.573. The van der Waals surface area contributed by atoms with Gasteiger partial charge in [-0.25, -0.2) is 0 Å². The molecule has 4 nitrogen and oxygen atoms in total. The van der Waals surface area contributed by atoms with E-state index in [-0.39, 0.29) is 0 Å². The van der Waals surface area contributed by atoms with Gasteiger partial charge in [0.25, 0.3) is 0 Å². The van der Waals surface area contributed by atoms with Gasteiger partial charge >= 0.3 is 0 Å². The molecular weight excluding hydrogens is 222 g/mol. The molecule has 2 N–H and O–H groups in total. The Morgan fingerprint density at radius 2 is 2.12 bits per heavy atom. The summed E-state index contributed by atoms with van der Waals surface area (Å²) in [5, 5.41) is 6.64. The van der Waals surface area contributed by atoms with Gasteiger partial charge in [0.05, 0.1) is 12.8 Å². The van der Waals surface area contributed by atoms with E-state index in [4.69, 9.17) is 16.6 Å². The Bertz CT molecular complexity index is 442. The van der Waals surface area contributed by atoms with E-state index in [2.05, 4.69) is 15.6 Å². The van der Waals surface area contributed by atoms with Crippen molar-refractivity contribution in [3.8, 4) is 0 Å². The fourth-order valence-corrected chi connectivity index (χ4v) is 1.38. The molecule has 2 aromatic rings. The van der Waals surface area contributed by atoms with Crippen LogP contribution in [-0.2, 0) is 6.54 Å². The Labute approximate surface area is 98.7 Å². The average molecular weight is 233 g/mol. The third kappa shape index (κ3) is 3.06. The molecule has 82 valence electrons. The van der Waals surface area contributed by atoms with Crippen molar-refractivity contribution < 1.29 is 4.42 Å². The second-order valence-electron chi connectivity index (χ2n) is 3.12. The summed E-state index contributed by atoms with van der Waals surface area (Å²) in [6.07, 6.45) is 5.05. The summed E-state index contributed by atoms with van der Waals surface area (Å²) < 4.78 is 5.17. The molecule has 0 unspecified atom stereocenters. The number of thiocarbonyl (C=S) groups is 1. The van der Waals surface area contributed by atoms with Gasteiger partial charge in [0.2, 0.25) is 0 Å². The van der Waals surface area contributed by atoms with E-state index in [9.17, 15) is 0 Å². The molecule has 0 aliphatic heterocycles. The first kappa shape index (κ1) is 10.6. The molecule has 0 saturated heterocycles. The topological polar surface area (TPSA) is 50.1 Å². The summed E-state index contributed by atoms with van der Waals surface area (Å²) in [5.41, 5.74) is 0.909. The number of hydrogen-bond donors (Lipinski definition) is 2. The summed E-state index contributed by atoms with van der Waals surface area (Å²) in [5.74, 6) is 0.846. The molecule has 2 aromatic heterocycles. The first-order chi connectivity index (χ1) is 7.84. The number of anilines is 1. The number of furan rings is 1. The Morgan fingerprint density at radius 1 is 1.31 bits per heavy atom. The molecule has 2 rings (SSSR count). The van der Waals surface area contributed by atoms with E-state index in [1.54, 1.807) is 18.7 Å². The third-order valence-electron chi connectivity index (χ3n) is 1.94. The predicted molar refractivity (Wildman–Crippen MR) is 66.0 cm³/mol. The Balaban J connectivity index is 1.81. The summed E-state index contributed by atoms with van der Waals surface area (Å²) >= 11 is 5.12. The van der Waals surface area contributed by atoms with Gasteiger partial charge in [-0.3, -0.25) is 4.98 Å². The molecule has 0 aromatic carbocycles. The van der Waals surface area contributed by atoms with Gasteiger partial charge in [-0.05, 0) is 36.5 Å². The molecule has 16 heavy (non-hydrogen) atoms. The van der Waals surface area contributed by atoms with Crippen molar-refractivity contribution in [2.24, 2.45) is 0 Å². The van der Waals surface area contributed by atoms with Gasteiger partial charge in [-0.2, -0.15) is 0 Å². The van der Waals surface area contributed by atoms with E-state index >= 15 is 0 Å². The van der Waals surface area contributed by atoms with Crippen LogP contribution in [0.15, 0.2) is 47.3 Å². The maximum Gasteiger partial charge on any atom is 0.171 e. The highest BCUT2D eigenvalue weighted by molar-refractivity contribution is 7.80. The molecule has 5 heteroatoms. The van der Waals surface area contributed by atoms with E-state index in [1.807, 2.05) is 24.3 Å². The minimum absolute atomic E-state index is 0.558. The van der Waals surface area contributed by atoms with Crippen molar-refractivity contribution in [2.45, 2.75) is 6.54 Å². The smallest absolute Gasteiger partial charge is 0.171 e. The van der Waals surface area contributed by atoms with E-state index in [0.29, 0.717) is 11.7 Å². The number of aromatic nitrogens is 1. The zero-order valence-corrected chi connectivity index (χ0v) is 9.33. The molecular formula is C11H11N3OS. The van der Waals surface area contributed by atoms with Crippen LogP contribution < -0.4 is 10.6 Å². The van der Waals surface area contributed by atoms with Crippen LogP contribution in [0.4, 0.5) is 5.69 Å². The minimum Gasteiger partial charge on any atom is -0.467 e. The fraction of sp³-hybridized carbons (Fsp3) is 0.0909. The Morgan fingerprint density at radius 3 is 2.81 bits per heavy atom. The third-order valence-corrected chi connectivity index (χ3v) is 2.19. The molecule has 0 aliphatic carbocycles. The van der Waals surface area contributed by atoms with Crippen molar-refractivity contribution >= 4 is 23.0 Å². The van der Waals surface area contributed by atoms with Crippen LogP contribution in [0, 0.1) is 0 Å². The molecule has 2 heterocycles. The molecule has 0 radical (unpaired) electrons. The largest absolute Gasteiger partial charge is 0.467 e. The summed E-state index contributed by atoms with van der Waals surface area (Å²) in [4.78, 5) is 3.92. The maximum atomic E-state index is 5.17. The van der Waals surface area contributed by atoms with Gasteiger partial charge in [0.1, 0.15) is 5.76 Å². The number of pyridine rings is 1. The van der Waals surface area contributed by atoms with Crippen LogP contribution >= 0.6 is 12.2 Å². The zero-order valence-electron chi connectivity index (χ0n) is 8.51. The highest BCUT2D eigenvalue weighted by atomic mass is 32.1. The summed E-state index contributed by atoms with van der Waals surface area (Å²) in [6, 6.07) is 7.43. The van der Waals surface area contributed by atoms with Crippen molar-refractivity contribution in [1.82, 2.24) is 10.3 Å². The van der Waals surface area contributed by atoms with Gasteiger partial charge in [-0.15, -0.1) is 0 Å². The zero-order chi connectivity index (χ0) is 11.2. The maximum absolute atomic E-state index is 5.17. The highest BCUT2D eigenvalue weighted by Crippen LogP contribution is 2.03. The quantitative estimate of drug-likeness (QED) is 0.796. The van der Waals surface area contributed by atoms with Crippen LogP contribution in [0.1, 0.15) is 5.76 Å². The Kier molecular flexibility index (Phi) is 3.50. The average Bonchev–Trinajstić information content (AvgIpc) is 2.81. The lowest BCUT2D eigenvalue weighted by molar-refractivity contribution is 0.503. The second kappa shape index (κ2) is 5.27. The first-order valence-corrected chi connectivity index (χ1v) is 5.23. The van der Waals surface area contributed by atoms with E-state index in [0.717, 1.165) is 11.4 Å². The predicted octanol–water partition coefficient (Wildman–Crippen LogP) is 2.16. The molecule has 0 saturated carbocycles. The van der Waals surface area contributed by atoms with Crippen molar-refractivity contribution in [1.29, 1.82) is 0 Å². The number of nitrogens with one attached hydrogen (secondary N) is 2. The van der Waals surface area contributed by atoms with Gasteiger partial charge in [-0.1, -0.05) is 0 Å². The van der Waals surface area contributed by atoms with E-state index in [1.165, 1.54) is 0 Å². The fourth-order valence-electron chi connectivity index (χ4n) is 1.19. The van der Waals surface area contributed by atoms with Crippen molar-refractivity contribution in [2.75, 3.05) is 5.32 Å². The van der Waals surface area contributed by atoms with Crippen LogP contribution in [0.2, 0.25) is 0 Å². The summed E-state index contributed by atoms with van der Waals surface area (Å²) in [7, 11) is 0. The first-order valence-electron chi connectivity index (χ1n) is 4.82. The number of hydrogen-bond acceptors (Lipinski definition) is 3. The van der Waals surface area contributed by atoms with Crippen LogP contribution in [-0.4, -0.2) is 10.1 Å². The van der Waals surface area contributed by atoms with Crippen LogP contribution in [0.3, 0.4) is 0 Å². The minimum atomic E-state index is 0.558. The lowest BCUT2D eigenvalue weighted by Crippen LogP contribution is -2.27. The standard InChI is InChI=1S/C11H11N3OS/c16-11(13-8-10-2-1-7-15-10)14-9-3-5-12-6-4-9/h1-7H,8H2,(H2,12,13,14,16). The van der Waals surface area contributed by atoms with Crippen molar-refractivity contribution in [3.63, 3.8) is 0 Å². The molecule has 0 fully saturated rings. The number of nitrogens with zero attached hydrogens (tertiary/aromatic N) is 1. The lowest BCUT2D eigenvalue weighted by Gasteiger charge is -2.08. The van der Waals surface area contributed by atoms with Gasteiger partial charge in [0.15, 0.2) is 5.11 Å². The molecule has 0 spiro atoms. The van der Waals surface area contributed by atoms with Gasteiger partial charge in [0, 0.05) is 18.1 Å². The highest BCUT2D eigenvalue weighted by Gasteiger charge is 1.98. The Hall–Kier alpha value is -1.88. The molecule has 0 aliphatic rings.